The van der Waals surface area contributed by atoms with Gasteiger partial charge in [-0.1, -0.05) is 19.4 Å². The third-order valence-electron chi connectivity index (χ3n) is 3.91. The molecule has 2 heteroatoms. The topological polar surface area (TPSA) is 26.3 Å². The van der Waals surface area contributed by atoms with Crippen molar-refractivity contribution >= 4 is 5.97 Å². The van der Waals surface area contributed by atoms with Crippen molar-refractivity contribution in [3.63, 3.8) is 0 Å². The van der Waals surface area contributed by atoms with Crippen LogP contribution in [0, 0.1) is 23.7 Å². The van der Waals surface area contributed by atoms with Crippen LogP contribution in [0.25, 0.3) is 0 Å². The number of rotatable bonds is 2. The molecular formula is C12H18O2. The van der Waals surface area contributed by atoms with E-state index in [0.29, 0.717) is 24.4 Å². The van der Waals surface area contributed by atoms with Crippen LogP contribution in [0.5, 0.6) is 0 Å². The molecule has 14 heavy (non-hydrogen) atoms. The average Bonchev–Trinajstić information content (AvgIpc) is 2.63. The maximum absolute atomic E-state index is 11.7. The van der Waals surface area contributed by atoms with Gasteiger partial charge < -0.3 is 4.74 Å². The monoisotopic (exact) mass is 194 g/mol. The van der Waals surface area contributed by atoms with Crippen LogP contribution in [0.15, 0.2) is 12.7 Å². The highest BCUT2D eigenvalue weighted by Gasteiger charge is 2.46. The van der Waals surface area contributed by atoms with Crippen molar-refractivity contribution in [3.05, 3.63) is 12.7 Å². The van der Waals surface area contributed by atoms with E-state index in [1.165, 1.54) is 12.8 Å². The minimum Gasteiger partial charge on any atom is -0.465 e. The Balaban J connectivity index is 2.18. The summed E-state index contributed by atoms with van der Waals surface area (Å²) < 4.78 is 5.22. The second-order valence-corrected chi connectivity index (χ2v) is 4.46. The molecule has 0 bridgehead atoms. The maximum atomic E-state index is 11.7. The van der Waals surface area contributed by atoms with Gasteiger partial charge in [0.15, 0.2) is 0 Å². The van der Waals surface area contributed by atoms with E-state index in [2.05, 4.69) is 13.5 Å². The minimum atomic E-state index is 0.0393. The van der Waals surface area contributed by atoms with Crippen LogP contribution in [0.2, 0.25) is 0 Å². The van der Waals surface area contributed by atoms with Gasteiger partial charge in [-0.15, -0.1) is 6.58 Å². The predicted molar refractivity (Wildman–Crippen MR) is 54.6 cm³/mol. The fraction of sp³-hybridized carbons (Fsp3) is 0.750. The van der Waals surface area contributed by atoms with Crippen molar-refractivity contribution in [2.24, 2.45) is 23.7 Å². The van der Waals surface area contributed by atoms with E-state index in [-0.39, 0.29) is 11.9 Å². The number of ether oxygens (including phenoxy) is 1. The summed E-state index contributed by atoms with van der Waals surface area (Å²) >= 11 is 0. The smallest absolute Gasteiger partial charge is 0.309 e. The first kappa shape index (κ1) is 9.75. The Labute approximate surface area is 85.3 Å². The second kappa shape index (κ2) is 3.76. The fourth-order valence-corrected chi connectivity index (χ4v) is 3.06. The molecule has 0 radical (unpaired) electrons. The van der Waals surface area contributed by atoms with Crippen molar-refractivity contribution in [1.82, 2.24) is 0 Å². The number of hydrogen-bond acceptors (Lipinski definition) is 2. The second-order valence-electron chi connectivity index (χ2n) is 4.46. The predicted octanol–water partition coefficient (Wildman–Crippen LogP) is 2.40. The summed E-state index contributed by atoms with van der Waals surface area (Å²) in [6.07, 6.45) is 5.42. The van der Waals surface area contributed by atoms with Gasteiger partial charge in [-0.25, -0.2) is 0 Å². The van der Waals surface area contributed by atoms with Gasteiger partial charge in [0, 0.05) is 5.92 Å². The van der Waals surface area contributed by atoms with Gasteiger partial charge >= 0.3 is 5.97 Å². The minimum absolute atomic E-state index is 0.0393. The largest absolute Gasteiger partial charge is 0.465 e. The quantitative estimate of drug-likeness (QED) is 0.498. The van der Waals surface area contributed by atoms with Gasteiger partial charge in [0.25, 0.3) is 0 Å². The summed E-state index contributed by atoms with van der Waals surface area (Å²) in [5.41, 5.74) is 0. The third kappa shape index (κ3) is 1.37. The molecule has 0 aromatic heterocycles. The summed E-state index contributed by atoms with van der Waals surface area (Å²) in [5, 5.41) is 0. The van der Waals surface area contributed by atoms with E-state index in [0.717, 1.165) is 6.42 Å². The first-order chi connectivity index (χ1) is 6.77. The van der Waals surface area contributed by atoms with Crippen LogP contribution in [0.4, 0.5) is 0 Å². The normalized spacial score (nSPS) is 41.6. The molecule has 0 aromatic rings. The number of fused-ring (bicyclic) bond motifs is 1. The molecule has 2 nitrogen and oxygen atoms in total. The van der Waals surface area contributed by atoms with Gasteiger partial charge in [-0.3, -0.25) is 4.79 Å². The van der Waals surface area contributed by atoms with Crippen LogP contribution in [-0.4, -0.2) is 12.6 Å². The number of hydrogen-bond donors (Lipinski definition) is 0. The van der Waals surface area contributed by atoms with Crippen molar-refractivity contribution < 1.29 is 9.53 Å². The molecule has 1 saturated heterocycles. The maximum Gasteiger partial charge on any atom is 0.309 e. The first-order valence-corrected chi connectivity index (χ1v) is 5.57. The first-order valence-electron chi connectivity index (χ1n) is 5.57. The lowest BCUT2D eigenvalue weighted by Crippen LogP contribution is -2.38. The van der Waals surface area contributed by atoms with E-state index in [4.69, 9.17) is 4.74 Å². The number of esters is 1. The molecule has 1 aliphatic heterocycles. The van der Waals surface area contributed by atoms with Crippen molar-refractivity contribution in [2.75, 3.05) is 6.61 Å². The molecule has 1 saturated carbocycles. The Morgan fingerprint density at radius 3 is 3.00 bits per heavy atom. The Hall–Kier alpha value is -0.790. The average molecular weight is 194 g/mol. The Kier molecular flexibility index (Phi) is 2.62. The molecule has 2 fully saturated rings. The summed E-state index contributed by atoms with van der Waals surface area (Å²) in [6, 6.07) is 0. The standard InChI is InChI=1S/C12H18O2/c1-3-8-5-6-10-9(4-2)7-14-12(13)11(8)10/h4,8-11H,2-3,5-7H2,1H3/t8-,9-,10-,11?/m0/s1. The zero-order valence-corrected chi connectivity index (χ0v) is 8.74. The number of cyclic esters (lactones) is 1. The number of carbonyl (C=O) groups is 1. The van der Waals surface area contributed by atoms with E-state index < -0.39 is 0 Å². The van der Waals surface area contributed by atoms with Gasteiger partial charge in [0.05, 0.1) is 12.5 Å². The van der Waals surface area contributed by atoms with Crippen molar-refractivity contribution in [1.29, 1.82) is 0 Å². The molecule has 0 aromatic carbocycles. The molecule has 0 spiro atoms. The highest BCUT2D eigenvalue weighted by atomic mass is 16.5. The molecular weight excluding hydrogens is 176 g/mol. The van der Waals surface area contributed by atoms with Gasteiger partial charge in [-0.2, -0.15) is 0 Å². The van der Waals surface area contributed by atoms with Crippen LogP contribution >= 0.6 is 0 Å². The Morgan fingerprint density at radius 2 is 2.36 bits per heavy atom. The summed E-state index contributed by atoms with van der Waals surface area (Å²) in [5.74, 6) is 1.66. The van der Waals surface area contributed by atoms with Crippen LogP contribution < -0.4 is 0 Å². The van der Waals surface area contributed by atoms with Gasteiger partial charge in [0.2, 0.25) is 0 Å². The van der Waals surface area contributed by atoms with Crippen LogP contribution in [0.1, 0.15) is 26.2 Å². The molecule has 0 amide bonds. The van der Waals surface area contributed by atoms with Crippen LogP contribution in [0.3, 0.4) is 0 Å². The molecule has 1 unspecified atom stereocenters. The highest BCUT2D eigenvalue weighted by Crippen LogP contribution is 2.46. The lowest BCUT2D eigenvalue weighted by Gasteiger charge is -2.32. The van der Waals surface area contributed by atoms with Crippen molar-refractivity contribution in [3.8, 4) is 0 Å². The molecule has 0 N–H and O–H groups in total. The van der Waals surface area contributed by atoms with Crippen molar-refractivity contribution in [2.45, 2.75) is 26.2 Å². The van der Waals surface area contributed by atoms with E-state index >= 15 is 0 Å². The van der Waals surface area contributed by atoms with Gasteiger partial charge in [0.1, 0.15) is 0 Å². The molecule has 2 rings (SSSR count). The SMILES string of the molecule is C=C[C@H]1COC(=O)C2[C@@H](CC)CC[C@H]21. The summed E-state index contributed by atoms with van der Waals surface area (Å²) in [6.45, 7) is 6.55. The summed E-state index contributed by atoms with van der Waals surface area (Å²) in [4.78, 5) is 11.7. The molecule has 78 valence electrons. The lowest BCUT2D eigenvalue weighted by atomic mass is 9.79. The number of carbonyl (C=O) groups excluding carboxylic acids is 1. The Bertz CT molecular complexity index is 247. The molecule has 1 heterocycles. The zero-order valence-electron chi connectivity index (χ0n) is 8.74. The molecule has 1 aliphatic carbocycles. The fourth-order valence-electron chi connectivity index (χ4n) is 3.06. The summed E-state index contributed by atoms with van der Waals surface area (Å²) in [7, 11) is 0. The lowest BCUT2D eigenvalue weighted by molar-refractivity contribution is -0.160. The molecule has 4 atom stereocenters. The third-order valence-corrected chi connectivity index (χ3v) is 3.91. The van der Waals surface area contributed by atoms with E-state index in [9.17, 15) is 4.79 Å². The Morgan fingerprint density at radius 1 is 1.57 bits per heavy atom. The highest BCUT2D eigenvalue weighted by molar-refractivity contribution is 5.74. The van der Waals surface area contributed by atoms with E-state index in [1.807, 2.05) is 6.08 Å². The zero-order chi connectivity index (χ0) is 10.1. The van der Waals surface area contributed by atoms with Crippen LogP contribution in [-0.2, 0) is 9.53 Å². The van der Waals surface area contributed by atoms with E-state index in [1.54, 1.807) is 0 Å². The molecule has 2 aliphatic rings. The van der Waals surface area contributed by atoms with Gasteiger partial charge in [-0.05, 0) is 24.7 Å².